The van der Waals surface area contributed by atoms with E-state index in [2.05, 4.69) is 20.9 Å². The number of carboxylic acids is 1. The Balaban J connectivity index is 1.16. The molecule has 0 radical (unpaired) electrons. The standard InChI is InChI=1S/C32H48FN5O5/c1-2-32(22-21-25(43-32)38-24-35-28-29(34)36-31(33)37-30(28)38)23-42-27(41)20-18-16-14-12-10-8-6-4-3-5-7-9-11-13-15-17-19-26(39)40/h1,24-25H,3-23H2,(H,39,40)(H2,34,36,37)/t25-,32+/m1/s1. The van der Waals surface area contributed by atoms with E-state index < -0.39 is 23.9 Å². The Hall–Kier alpha value is -3.26. The van der Waals surface area contributed by atoms with Crippen LogP contribution in [-0.2, 0) is 19.1 Å². The van der Waals surface area contributed by atoms with Crippen molar-refractivity contribution in [2.24, 2.45) is 0 Å². The zero-order valence-corrected chi connectivity index (χ0v) is 25.4. The first kappa shape index (κ1) is 34.2. The number of hydrogen-bond acceptors (Lipinski definition) is 8. The minimum Gasteiger partial charge on any atom is -0.481 e. The Bertz CT molecular complexity index is 1200. The molecule has 0 aliphatic carbocycles. The number of aliphatic carboxylic acids is 1. The highest BCUT2D eigenvalue weighted by atomic mass is 19.1. The maximum atomic E-state index is 13.7. The molecule has 0 aromatic carbocycles. The van der Waals surface area contributed by atoms with Crippen molar-refractivity contribution in [3.8, 4) is 12.3 Å². The number of ether oxygens (including phenoxy) is 2. The summed E-state index contributed by atoms with van der Waals surface area (Å²) in [7, 11) is 0. The number of hydrogen-bond donors (Lipinski definition) is 2. The lowest BCUT2D eigenvalue weighted by molar-refractivity contribution is -0.152. The highest BCUT2D eigenvalue weighted by Gasteiger charge is 2.41. The number of carboxylic acid groups (broad SMARTS) is 1. The number of terminal acetylenes is 1. The van der Waals surface area contributed by atoms with Crippen LogP contribution >= 0.6 is 0 Å². The molecule has 1 aliphatic rings. The molecule has 0 unspecified atom stereocenters. The molecule has 3 rings (SSSR count). The number of esters is 1. The molecule has 2 atom stereocenters. The third-order valence-corrected chi connectivity index (χ3v) is 8.14. The second kappa shape index (κ2) is 18.4. The zero-order chi connectivity index (χ0) is 30.9. The number of fused-ring (bicyclic) bond motifs is 1. The quantitative estimate of drug-likeness (QED) is 0.0639. The second-order valence-corrected chi connectivity index (χ2v) is 11.7. The van der Waals surface area contributed by atoms with Gasteiger partial charge in [-0.2, -0.15) is 14.4 Å². The number of unbranched alkanes of at least 4 members (excludes halogenated alkanes) is 15. The van der Waals surface area contributed by atoms with E-state index >= 15 is 0 Å². The van der Waals surface area contributed by atoms with E-state index in [0.717, 1.165) is 38.5 Å². The first-order valence-corrected chi connectivity index (χ1v) is 16.0. The van der Waals surface area contributed by atoms with E-state index in [9.17, 15) is 14.0 Å². The molecule has 10 nitrogen and oxygen atoms in total. The SMILES string of the molecule is C#C[C@@]1(COC(=O)CCCCCCCCCCCCCCCCCCC(=O)O)CC[C@H](n2cnc3c(N)nc(F)nc32)O1. The van der Waals surface area contributed by atoms with Crippen molar-refractivity contribution in [1.29, 1.82) is 0 Å². The molecular formula is C32H48FN5O5. The molecule has 1 aliphatic heterocycles. The second-order valence-electron chi connectivity index (χ2n) is 11.7. The van der Waals surface area contributed by atoms with Crippen LogP contribution in [-0.4, -0.2) is 48.8 Å². The number of rotatable bonds is 22. The summed E-state index contributed by atoms with van der Waals surface area (Å²) in [5.74, 6) is 1.63. The van der Waals surface area contributed by atoms with Crippen molar-refractivity contribution in [3.05, 3.63) is 12.4 Å². The lowest BCUT2D eigenvalue weighted by Gasteiger charge is -2.23. The molecule has 0 spiro atoms. The molecule has 238 valence electrons. The number of carbonyl (C=O) groups is 2. The largest absolute Gasteiger partial charge is 0.481 e. The number of aromatic nitrogens is 4. The van der Waals surface area contributed by atoms with Crippen LogP contribution in [0.4, 0.5) is 10.2 Å². The zero-order valence-electron chi connectivity index (χ0n) is 25.4. The van der Waals surface area contributed by atoms with Crippen LogP contribution in [0.15, 0.2) is 6.33 Å². The molecule has 0 bridgehead atoms. The van der Waals surface area contributed by atoms with Gasteiger partial charge in [0.1, 0.15) is 12.8 Å². The summed E-state index contributed by atoms with van der Waals surface area (Å²) in [5, 5.41) is 8.63. The van der Waals surface area contributed by atoms with Crippen LogP contribution in [0, 0.1) is 18.4 Å². The molecule has 1 fully saturated rings. The van der Waals surface area contributed by atoms with Crippen LogP contribution in [0.2, 0.25) is 0 Å². The van der Waals surface area contributed by atoms with E-state index in [1.807, 2.05) is 0 Å². The van der Waals surface area contributed by atoms with Crippen LogP contribution in [0.3, 0.4) is 0 Å². The Labute approximate surface area is 254 Å². The number of imidazole rings is 1. The van der Waals surface area contributed by atoms with Crippen LogP contribution in [0.25, 0.3) is 11.2 Å². The van der Waals surface area contributed by atoms with Crippen molar-refractivity contribution in [1.82, 2.24) is 19.5 Å². The maximum Gasteiger partial charge on any atom is 0.312 e. The minimum atomic E-state index is -1.06. The molecule has 3 heterocycles. The number of anilines is 1. The lowest BCUT2D eigenvalue weighted by atomic mass is 10.0. The number of nitrogens with two attached hydrogens (primary N) is 1. The average Bonchev–Trinajstić information content (AvgIpc) is 3.60. The number of halogens is 1. The summed E-state index contributed by atoms with van der Waals surface area (Å²) in [6.45, 7) is -0.0362. The summed E-state index contributed by atoms with van der Waals surface area (Å²) in [4.78, 5) is 34.3. The van der Waals surface area contributed by atoms with Gasteiger partial charge < -0.3 is 20.3 Å². The monoisotopic (exact) mass is 601 g/mol. The van der Waals surface area contributed by atoms with Crippen LogP contribution in [0.5, 0.6) is 0 Å². The van der Waals surface area contributed by atoms with Gasteiger partial charge in [0.25, 0.3) is 0 Å². The number of carbonyl (C=O) groups excluding carboxylic acids is 1. The molecule has 2 aromatic heterocycles. The normalized spacial score (nSPS) is 18.2. The van der Waals surface area contributed by atoms with Gasteiger partial charge in [0.2, 0.25) is 0 Å². The van der Waals surface area contributed by atoms with Crippen LogP contribution in [0.1, 0.15) is 135 Å². The van der Waals surface area contributed by atoms with E-state index in [1.54, 1.807) is 4.57 Å². The van der Waals surface area contributed by atoms with Gasteiger partial charge >= 0.3 is 18.0 Å². The van der Waals surface area contributed by atoms with Gasteiger partial charge in [-0.3, -0.25) is 14.2 Å². The van der Waals surface area contributed by atoms with Crippen molar-refractivity contribution in [2.75, 3.05) is 12.3 Å². The molecule has 3 N–H and O–H groups in total. The fourth-order valence-corrected chi connectivity index (χ4v) is 5.60. The van der Waals surface area contributed by atoms with E-state index in [1.165, 1.54) is 70.5 Å². The third kappa shape index (κ3) is 11.7. The van der Waals surface area contributed by atoms with Crippen molar-refractivity contribution in [2.45, 2.75) is 140 Å². The topological polar surface area (TPSA) is 142 Å². The first-order valence-electron chi connectivity index (χ1n) is 16.0. The summed E-state index contributed by atoms with van der Waals surface area (Å²) in [5.41, 5.74) is 5.21. The predicted molar refractivity (Wildman–Crippen MR) is 162 cm³/mol. The third-order valence-electron chi connectivity index (χ3n) is 8.14. The molecule has 1 saturated heterocycles. The maximum absolute atomic E-state index is 13.7. The molecule has 11 heteroatoms. The minimum absolute atomic E-state index is 0.0362. The molecule has 0 saturated carbocycles. The van der Waals surface area contributed by atoms with Crippen molar-refractivity contribution >= 4 is 28.9 Å². The number of nitrogen functional groups attached to an aromatic ring is 1. The van der Waals surface area contributed by atoms with E-state index in [-0.39, 0.29) is 29.6 Å². The van der Waals surface area contributed by atoms with Gasteiger partial charge in [-0.05, 0) is 25.7 Å². The summed E-state index contributed by atoms with van der Waals surface area (Å²) in [6.07, 6.45) is 26.0. The van der Waals surface area contributed by atoms with E-state index in [4.69, 9.17) is 26.7 Å². The fraction of sp³-hybridized carbons (Fsp3) is 0.719. The molecule has 2 aromatic rings. The van der Waals surface area contributed by atoms with Gasteiger partial charge in [0.05, 0.1) is 6.33 Å². The van der Waals surface area contributed by atoms with Gasteiger partial charge in [0, 0.05) is 12.8 Å². The highest BCUT2D eigenvalue weighted by Crippen LogP contribution is 2.38. The van der Waals surface area contributed by atoms with Gasteiger partial charge in [-0.1, -0.05) is 95.8 Å². The molecule has 0 amide bonds. The van der Waals surface area contributed by atoms with Crippen LogP contribution < -0.4 is 5.73 Å². The summed E-state index contributed by atoms with van der Waals surface area (Å²) >= 11 is 0. The number of nitrogens with zero attached hydrogens (tertiary/aromatic N) is 4. The molecular weight excluding hydrogens is 553 g/mol. The Kier molecular flexibility index (Phi) is 14.7. The van der Waals surface area contributed by atoms with Crippen molar-refractivity contribution < 1.29 is 28.6 Å². The Morgan fingerprint density at radius 1 is 0.977 bits per heavy atom. The van der Waals surface area contributed by atoms with Gasteiger partial charge in [-0.25, -0.2) is 4.98 Å². The summed E-state index contributed by atoms with van der Waals surface area (Å²) in [6, 6.07) is 0. The highest BCUT2D eigenvalue weighted by molar-refractivity contribution is 5.81. The Morgan fingerprint density at radius 2 is 1.51 bits per heavy atom. The predicted octanol–water partition coefficient (Wildman–Crippen LogP) is 6.88. The fourth-order valence-electron chi connectivity index (χ4n) is 5.60. The molecule has 43 heavy (non-hydrogen) atoms. The lowest BCUT2D eigenvalue weighted by Crippen LogP contribution is -2.34. The van der Waals surface area contributed by atoms with Crippen molar-refractivity contribution in [3.63, 3.8) is 0 Å². The van der Waals surface area contributed by atoms with Gasteiger partial charge in [-0.15, -0.1) is 6.42 Å². The smallest absolute Gasteiger partial charge is 0.312 e. The first-order chi connectivity index (χ1) is 20.8. The average molecular weight is 602 g/mol. The van der Waals surface area contributed by atoms with E-state index in [0.29, 0.717) is 25.7 Å². The Morgan fingerprint density at radius 3 is 2.05 bits per heavy atom. The summed E-state index contributed by atoms with van der Waals surface area (Å²) < 4.78 is 26.9. The van der Waals surface area contributed by atoms with Gasteiger partial charge in [0.15, 0.2) is 22.6 Å².